The Bertz CT molecular complexity index is 533. The third-order valence-electron chi connectivity index (χ3n) is 3.89. The molecule has 2 aromatic rings. The van der Waals surface area contributed by atoms with E-state index in [-0.39, 0.29) is 0 Å². The topological polar surface area (TPSA) is 42.7 Å². The van der Waals surface area contributed by atoms with Gasteiger partial charge in [-0.05, 0) is 42.9 Å². The molecule has 100 valence electrons. The molecule has 0 saturated heterocycles. The number of aryl methyl sites for hydroxylation is 2. The fraction of sp³-hybridized carbons (Fsp3) is 0.467. The molecule has 0 amide bonds. The lowest BCUT2D eigenvalue weighted by molar-refractivity contribution is 0.499. The quantitative estimate of drug-likeness (QED) is 0.891. The van der Waals surface area contributed by atoms with Crippen LogP contribution in [-0.4, -0.2) is 21.5 Å². The first kappa shape index (κ1) is 12.4. The van der Waals surface area contributed by atoms with Crippen LogP contribution in [0.15, 0.2) is 30.6 Å². The highest BCUT2D eigenvalue weighted by molar-refractivity contribution is 5.36. The lowest BCUT2D eigenvalue weighted by Gasteiger charge is -2.15. The molecule has 1 N–H and O–H groups in total. The van der Waals surface area contributed by atoms with Crippen LogP contribution in [-0.2, 0) is 19.4 Å². The number of rotatable bonds is 5. The molecule has 4 nitrogen and oxygen atoms in total. The van der Waals surface area contributed by atoms with Crippen molar-refractivity contribution in [3.63, 3.8) is 0 Å². The van der Waals surface area contributed by atoms with Gasteiger partial charge in [0.1, 0.15) is 0 Å². The second-order valence-electron chi connectivity index (χ2n) is 5.22. The van der Waals surface area contributed by atoms with Crippen molar-refractivity contribution < 1.29 is 0 Å². The summed E-state index contributed by atoms with van der Waals surface area (Å²) in [6.45, 7) is 3.98. The van der Waals surface area contributed by atoms with E-state index in [1.807, 2.05) is 10.9 Å². The van der Waals surface area contributed by atoms with E-state index in [1.165, 1.54) is 24.8 Å². The van der Waals surface area contributed by atoms with Crippen LogP contribution in [0.2, 0.25) is 0 Å². The van der Waals surface area contributed by atoms with Gasteiger partial charge in [0.2, 0.25) is 0 Å². The minimum atomic E-state index is 0.384. The van der Waals surface area contributed by atoms with Crippen molar-refractivity contribution >= 4 is 0 Å². The highest BCUT2D eigenvalue weighted by Gasteiger charge is 2.13. The molecule has 1 aliphatic rings. The molecule has 4 heteroatoms. The number of benzene rings is 1. The molecule has 0 bridgehead atoms. The summed E-state index contributed by atoms with van der Waals surface area (Å²) in [7, 11) is 0. The predicted molar refractivity (Wildman–Crippen MR) is 74.9 cm³/mol. The molecule has 1 atom stereocenters. The number of nitrogens with one attached hydrogen (secondary N) is 1. The van der Waals surface area contributed by atoms with E-state index in [2.05, 4.69) is 40.8 Å². The van der Waals surface area contributed by atoms with E-state index in [0.717, 1.165) is 13.1 Å². The standard InChI is InChI=1S/C15H20N4/c1-12(16-7-9-19-10-8-17-18-19)14-6-5-13-3-2-4-15(13)11-14/h5-6,8,10-12,16H,2-4,7,9H2,1H3. The first-order valence-electron chi connectivity index (χ1n) is 7.02. The van der Waals surface area contributed by atoms with Crippen molar-refractivity contribution in [3.05, 3.63) is 47.3 Å². The molecule has 1 aromatic heterocycles. The molecule has 0 spiro atoms. The summed E-state index contributed by atoms with van der Waals surface area (Å²) < 4.78 is 1.85. The van der Waals surface area contributed by atoms with Gasteiger partial charge in [-0.15, -0.1) is 5.10 Å². The van der Waals surface area contributed by atoms with Crippen molar-refractivity contribution in [1.82, 2.24) is 20.3 Å². The van der Waals surface area contributed by atoms with Gasteiger partial charge in [-0.1, -0.05) is 23.4 Å². The Morgan fingerprint density at radius 3 is 3.05 bits per heavy atom. The summed E-state index contributed by atoms with van der Waals surface area (Å²) in [5.74, 6) is 0. The minimum absolute atomic E-state index is 0.384. The first-order chi connectivity index (χ1) is 9.33. The second kappa shape index (κ2) is 5.53. The normalized spacial score (nSPS) is 15.4. The maximum absolute atomic E-state index is 3.96. The van der Waals surface area contributed by atoms with Crippen LogP contribution in [0, 0.1) is 0 Å². The first-order valence-corrected chi connectivity index (χ1v) is 7.02. The highest BCUT2D eigenvalue weighted by Crippen LogP contribution is 2.25. The van der Waals surface area contributed by atoms with Gasteiger partial charge >= 0.3 is 0 Å². The Morgan fingerprint density at radius 2 is 2.21 bits per heavy atom. The third-order valence-corrected chi connectivity index (χ3v) is 3.89. The van der Waals surface area contributed by atoms with E-state index in [0.29, 0.717) is 6.04 Å². The molecule has 1 unspecified atom stereocenters. The van der Waals surface area contributed by atoms with Gasteiger partial charge in [-0.3, -0.25) is 4.68 Å². The number of hydrogen-bond acceptors (Lipinski definition) is 3. The molecule has 1 heterocycles. The summed E-state index contributed by atoms with van der Waals surface area (Å²) in [6, 6.07) is 7.31. The zero-order valence-corrected chi connectivity index (χ0v) is 11.3. The van der Waals surface area contributed by atoms with Crippen molar-refractivity contribution in [2.75, 3.05) is 6.54 Å². The Kier molecular flexibility index (Phi) is 3.60. The number of hydrogen-bond donors (Lipinski definition) is 1. The number of nitrogens with zero attached hydrogens (tertiary/aromatic N) is 3. The van der Waals surface area contributed by atoms with Gasteiger partial charge in [0, 0.05) is 18.8 Å². The Labute approximate surface area is 113 Å². The largest absolute Gasteiger partial charge is 0.308 e. The molecule has 1 aromatic carbocycles. The van der Waals surface area contributed by atoms with Crippen molar-refractivity contribution in [1.29, 1.82) is 0 Å². The molecule has 0 fully saturated rings. The van der Waals surface area contributed by atoms with Crippen LogP contribution in [0.5, 0.6) is 0 Å². The molecule has 3 rings (SSSR count). The number of fused-ring (bicyclic) bond motifs is 1. The van der Waals surface area contributed by atoms with Gasteiger partial charge in [0.15, 0.2) is 0 Å². The maximum atomic E-state index is 3.96. The van der Waals surface area contributed by atoms with Crippen LogP contribution in [0.4, 0.5) is 0 Å². The highest BCUT2D eigenvalue weighted by atomic mass is 15.4. The molecule has 1 aliphatic carbocycles. The molecule has 0 saturated carbocycles. The van der Waals surface area contributed by atoms with Crippen LogP contribution < -0.4 is 5.32 Å². The Hall–Kier alpha value is -1.68. The van der Waals surface area contributed by atoms with Gasteiger partial charge < -0.3 is 5.32 Å². The summed E-state index contributed by atoms with van der Waals surface area (Å²) in [6.07, 6.45) is 7.41. The van der Waals surface area contributed by atoms with Crippen LogP contribution >= 0.6 is 0 Å². The zero-order valence-electron chi connectivity index (χ0n) is 11.3. The van der Waals surface area contributed by atoms with Gasteiger partial charge in [0.25, 0.3) is 0 Å². The average molecular weight is 256 g/mol. The van der Waals surface area contributed by atoms with Crippen molar-refractivity contribution in [2.24, 2.45) is 0 Å². The fourth-order valence-electron chi connectivity index (χ4n) is 2.73. The molecule has 0 radical (unpaired) electrons. The van der Waals surface area contributed by atoms with E-state index >= 15 is 0 Å². The molecule has 19 heavy (non-hydrogen) atoms. The molecular weight excluding hydrogens is 236 g/mol. The molecule has 0 aliphatic heterocycles. The van der Waals surface area contributed by atoms with E-state index < -0.39 is 0 Å². The van der Waals surface area contributed by atoms with E-state index in [4.69, 9.17) is 0 Å². The van der Waals surface area contributed by atoms with Crippen molar-refractivity contribution in [2.45, 2.75) is 38.8 Å². The number of aromatic nitrogens is 3. The summed E-state index contributed by atoms with van der Waals surface area (Å²) in [5.41, 5.74) is 4.47. The van der Waals surface area contributed by atoms with Crippen LogP contribution in [0.1, 0.15) is 36.1 Å². The lowest BCUT2D eigenvalue weighted by atomic mass is 10.0. The predicted octanol–water partition coefficient (Wildman–Crippen LogP) is 2.12. The monoisotopic (exact) mass is 256 g/mol. The average Bonchev–Trinajstić information content (AvgIpc) is 3.08. The fourth-order valence-corrected chi connectivity index (χ4v) is 2.73. The maximum Gasteiger partial charge on any atom is 0.0692 e. The van der Waals surface area contributed by atoms with E-state index in [1.54, 1.807) is 17.3 Å². The minimum Gasteiger partial charge on any atom is -0.308 e. The van der Waals surface area contributed by atoms with Crippen LogP contribution in [0.25, 0.3) is 0 Å². The van der Waals surface area contributed by atoms with Gasteiger partial charge in [-0.25, -0.2) is 0 Å². The second-order valence-corrected chi connectivity index (χ2v) is 5.22. The van der Waals surface area contributed by atoms with Crippen LogP contribution in [0.3, 0.4) is 0 Å². The van der Waals surface area contributed by atoms with Gasteiger partial charge in [0.05, 0.1) is 12.7 Å². The van der Waals surface area contributed by atoms with Crippen molar-refractivity contribution in [3.8, 4) is 0 Å². The zero-order chi connectivity index (χ0) is 13.1. The van der Waals surface area contributed by atoms with E-state index in [9.17, 15) is 0 Å². The Morgan fingerprint density at radius 1 is 1.32 bits per heavy atom. The third kappa shape index (κ3) is 2.84. The lowest BCUT2D eigenvalue weighted by Crippen LogP contribution is -2.23. The molecular formula is C15H20N4. The summed E-state index contributed by atoms with van der Waals surface area (Å²) >= 11 is 0. The summed E-state index contributed by atoms with van der Waals surface area (Å²) in [4.78, 5) is 0. The SMILES string of the molecule is CC(NCCn1ccnn1)c1ccc2c(c1)CCC2. The van der Waals surface area contributed by atoms with Gasteiger partial charge in [-0.2, -0.15) is 0 Å². The summed E-state index contributed by atoms with van der Waals surface area (Å²) in [5, 5.41) is 11.3. The smallest absolute Gasteiger partial charge is 0.0692 e. The Balaban J connectivity index is 1.56.